The topological polar surface area (TPSA) is 26.0 Å². The molecule has 2 N–H and O–H groups in total. The molecule has 0 bridgehead atoms. The minimum Gasteiger partial charge on any atom is -0.321 e. The standard InChI is InChI=1S/C12H17ClFN/c1-4-8(2)12(3,15)10-7-9(14)5-6-11(10)13/h5-8H,4,15H2,1-3H3. The zero-order valence-corrected chi connectivity index (χ0v) is 10.1. The van der Waals surface area contributed by atoms with E-state index < -0.39 is 5.54 Å². The van der Waals surface area contributed by atoms with Crippen LogP contribution in [0.15, 0.2) is 18.2 Å². The van der Waals surface area contributed by atoms with Crippen LogP contribution >= 0.6 is 11.6 Å². The maximum Gasteiger partial charge on any atom is 0.123 e. The van der Waals surface area contributed by atoms with Gasteiger partial charge in [0.15, 0.2) is 0 Å². The Hall–Kier alpha value is -0.600. The lowest BCUT2D eigenvalue weighted by Crippen LogP contribution is -2.40. The molecule has 0 saturated carbocycles. The van der Waals surface area contributed by atoms with Crippen LogP contribution in [-0.4, -0.2) is 0 Å². The Morgan fingerprint density at radius 3 is 2.67 bits per heavy atom. The van der Waals surface area contributed by atoms with Crippen LogP contribution in [0, 0.1) is 11.7 Å². The highest BCUT2D eigenvalue weighted by molar-refractivity contribution is 6.31. The van der Waals surface area contributed by atoms with E-state index in [9.17, 15) is 4.39 Å². The van der Waals surface area contributed by atoms with Crippen molar-refractivity contribution in [3.05, 3.63) is 34.6 Å². The summed E-state index contributed by atoms with van der Waals surface area (Å²) in [4.78, 5) is 0. The van der Waals surface area contributed by atoms with Gasteiger partial charge in [-0.15, -0.1) is 0 Å². The predicted molar refractivity (Wildman–Crippen MR) is 62.4 cm³/mol. The van der Waals surface area contributed by atoms with Crippen LogP contribution in [0.25, 0.3) is 0 Å². The first-order valence-electron chi connectivity index (χ1n) is 5.14. The first-order valence-corrected chi connectivity index (χ1v) is 5.51. The number of benzene rings is 1. The number of rotatable bonds is 3. The van der Waals surface area contributed by atoms with Crippen molar-refractivity contribution in [3.63, 3.8) is 0 Å². The van der Waals surface area contributed by atoms with E-state index in [1.165, 1.54) is 12.1 Å². The summed E-state index contributed by atoms with van der Waals surface area (Å²) < 4.78 is 13.1. The molecule has 0 heterocycles. The highest BCUT2D eigenvalue weighted by Crippen LogP contribution is 2.33. The van der Waals surface area contributed by atoms with Crippen LogP contribution in [0.1, 0.15) is 32.8 Å². The fraction of sp³-hybridized carbons (Fsp3) is 0.500. The van der Waals surface area contributed by atoms with Crippen molar-refractivity contribution in [3.8, 4) is 0 Å². The van der Waals surface area contributed by atoms with Crippen molar-refractivity contribution in [2.45, 2.75) is 32.7 Å². The molecule has 0 radical (unpaired) electrons. The van der Waals surface area contributed by atoms with Gasteiger partial charge < -0.3 is 5.73 Å². The summed E-state index contributed by atoms with van der Waals surface area (Å²) >= 11 is 6.04. The first-order chi connectivity index (χ1) is 6.89. The average molecular weight is 230 g/mol. The zero-order chi connectivity index (χ0) is 11.6. The Balaban J connectivity index is 3.19. The van der Waals surface area contributed by atoms with Gasteiger partial charge in [0.2, 0.25) is 0 Å². The minimum atomic E-state index is -0.589. The molecule has 1 nitrogen and oxygen atoms in total. The molecule has 1 rings (SSSR count). The van der Waals surface area contributed by atoms with Crippen LogP contribution in [0.3, 0.4) is 0 Å². The lowest BCUT2D eigenvalue weighted by molar-refractivity contribution is 0.315. The molecular weight excluding hydrogens is 213 g/mol. The fourth-order valence-corrected chi connectivity index (χ4v) is 1.92. The van der Waals surface area contributed by atoms with Crippen molar-refractivity contribution in [1.29, 1.82) is 0 Å². The van der Waals surface area contributed by atoms with Gasteiger partial charge in [0.1, 0.15) is 5.82 Å². The summed E-state index contributed by atoms with van der Waals surface area (Å²) in [5, 5.41) is 0.529. The predicted octanol–water partition coefficient (Wildman–Crippen LogP) is 3.70. The molecule has 0 spiro atoms. The van der Waals surface area contributed by atoms with Gasteiger partial charge in [-0.1, -0.05) is 31.9 Å². The van der Waals surface area contributed by atoms with Crippen molar-refractivity contribution in [2.24, 2.45) is 11.7 Å². The van der Waals surface area contributed by atoms with Crippen LogP contribution in [0.5, 0.6) is 0 Å². The molecule has 1 aromatic carbocycles. The first kappa shape index (κ1) is 12.5. The van der Waals surface area contributed by atoms with Crippen molar-refractivity contribution in [2.75, 3.05) is 0 Å². The van der Waals surface area contributed by atoms with E-state index in [0.717, 1.165) is 6.42 Å². The van der Waals surface area contributed by atoms with Gasteiger partial charge in [-0.25, -0.2) is 4.39 Å². The molecule has 3 heteroatoms. The number of nitrogens with two attached hydrogens (primary N) is 1. The summed E-state index contributed by atoms with van der Waals surface area (Å²) in [5.41, 5.74) is 6.30. The van der Waals surface area contributed by atoms with Crippen molar-refractivity contribution < 1.29 is 4.39 Å². The van der Waals surface area contributed by atoms with E-state index in [0.29, 0.717) is 10.6 Å². The van der Waals surface area contributed by atoms with E-state index in [1.54, 1.807) is 6.07 Å². The summed E-state index contributed by atoms with van der Waals surface area (Å²) in [6.07, 6.45) is 0.930. The Bertz CT molecular complexity index is 349. The molecule has 0 aliphatic heterocycles. The minimum absolute atomic E-state index is 0.247. The zero-order valence-electron chi connectivity index (χ0n) is 9.35. The summed E-state index contributed by atoms with van der Waals surface area (Å²) in [5.74, 6) is -0.0498. The molecule has 0 fully saturated rings. The van der Waals surface area contributed by atoms with E-state index >= 15 is 0 Å². The van der Waals surface area contributed by atoms with Crippen LogP contribution in [-0.2, 0) is 5.54 Å². The smallest absolute Gasteiger partial charge is 0.123 e. The van der Waals surface area contributed by atoms with E-state index in [1.807, 2.05) is 13.8 Å². The normalized spacial score (nSPS) is 17.2. The average Bonchev–Trinajstić information content (AvgIpc) is 2.20. The molecule has 2 unspecified atom stereocenters. The third-order valence-corrected chi connectivity index (χ3v) is 3.47. The molecule has 84 valence electrons. The number of hydrogen-bond donors (Lipinski definition) is 1. The second kappa shape index (κ2) is 4.50. The lowest BCUT2D eigenvalue weighted by Gasteiger charge is -2.32. The molecule has 0 amide bonds. The summed E-state index contributed by atoms with van der Waals surface area (Å²) in [7, 11) is 0. The van der Waals surface area contributed by atoms with E-state index in [-0.39, 0.29) is 11.7 Å². The second-order valence-corrected chi connectivity index (χ2v) is 4.62. The van der Waals surface area contributed by atoms with Gasteiger partial charge in [0.25, 0.3) is 0 Å². The molecule has 0 saturated heterocycles. The molecular formula is C12H17ClFN. The largest absolute Gasteiger partial charge is 0.321 e. The quantitative estimate of drug-likeness (QED) is 0.841. The molecule has 0 aromatic heterocycles. The van der Waals surface area contributed by atoms with Gasteiger partial charge in [0, 0.05) is 10.6 Å². The summed E-state index contributed by atoms with van der Waals surface area (Å²) in [6, 6.07) is 4.33. The third-order valence-electron chi connectivity index (χ3n) is 3.14. The second-order valence-electron chi connectivity index (χ2n) is 4.22. The van der Waals surface area contributed by atoms with E-state index in [2.05, 4.69) is 6.92 Å². The molecule has 15 heavy (non-hydrogen) atoms. The Morgan fingerprint density at radius 2 is 2.13 bits per heavy atom. The van der Waals surface area contributed by atoms with Gasteiger partial charge in [0.05, 0.1) is 0 Å². The van der Waals surface area contributed by atoms with Gasteiger partial charge >= 0.3 is 0 Å². The molecule has 2 atom stereocenters. The Morgan fingerprint density at radius 1 is 1.53 bits per heavy atom. The molecule has 1 aromatic rings. The fourth-order valence-electron chi connectivity index (χ4n) is 1.60. The molecule has 0 aliphatic carbocycles. The van der Waals surface area contributed by atoms with Crippen molar-refractivity contribution >= 4 is 11.6 Å². The maximum absolute atomic E-state index is 13.1. The third kappa shape index (κ3) is 2.50. The van der Waals surface area contributed by atoms with Gasteiger partial charge in [-0.05, 0) is 36.6 Å². The van der Waals surface area contributed by atoms with Crippen LogP contribution in [0.2, 0.25) is 5.02 Å². The Labute approximate surface area is 95.4 Å². The number of hydrogen-bond acceptors (Lipinski definition) is 1. The Kier molecular flexibility index (Phi) is 3.74. The van der Waals surface area contributed by atoms with Gasteiger partial charge in [-0.2, -0.15) is 0 Å². The highest BCUT2D eigenvalue weighted by atomic mass is 35.5. The maximum atomic E-state index is 13.1. The SMILES string of the molecule is CCC(C)C(C)(N)c1cc(F)ccc1Cl. The highest BCUT2D eigenvalue weighted by Gasteiger charge is 2.29. The van der Waals surface area contributed by atoms with Gasteiger partial charge in [-0.3, -0.25) is 0 Å². The molecule has 0 aliphatic rings. The monoisotopic (exact) mass is 229 g/mol. The van der Waals surface area contributed by atoms with E-state index in [4.69, 9.17) is 17.3 Å². The number of halogens is 2. The summed E-state index contributed by atoms with van der Waals surface area (Å²) in [6.45, 7) is 5.99. The van der Waals surface area contributed by atoms with Crippen molar-refractivity contribution in [1.82, 2.24) is 0 Å². The van der Waals surface area contributed by atoms with Crippen LogP contribution < -0.4 is 5.73 Å². The lowest BCUT2D eigenvalue weighted by atomic mass is 9.80. The van der Waals surface area contributed by atoms with Crippen LogP contribution in [0.4, 0.5) is 4.39 Å².